The van der Waals surface area contributed by atoms with Crippen molar-refractivity contribution >= 4 is 103 Å². The molecule has 0 fully saturated rings. The summed E-state index contributed by atoms with van der Waals surface area (Å²) in [5.74, 6) is 0. The molecule has 234 valence electrons. The van der Waals surface area contributed by atoms with Crippen molar-refractivity contribution in [2.75, 3.05) is 4.90 Å². The van der Waals surface area contributed by atoms with Crippen LogP contribution in [0, 0.1) is 0 Å². The lowest BCUT2D eigenvalue weighted by Gasteiger charge is -2.26. The minimum absolute atomic E-state index is 0.887. The lowest BCUT2D eigenvalue weighted by Crippen LogP contribution is -2.10. The number of rotatable bonds is 4. The summed E-state index contributed by atoms with van der Waals surface area (Å²) in [5.41, 5.74) is 8.58. The van der Waals surface area contributed by atoms with Crippen molar-refractivity contribution in [2.45, 2.75) is 0 Å². The highest BCUT2D eigenvalue weighted by Crippen LogP contribution is 2.44. The highest BCUT2D eigenvalue weighted by molar-refractivity contribution is 7.25. The second kappa shape index (κ2) is 10.6. The number of fused-ring (bicyclic) bond motifs is 10. The molecular weight excluding hydrogens is 629 g/mol. The summed E-state index contributed by atoms with van der Waals surface area (Å²) in [6, 6.07) is 61.4. The third kappa shape index (κ3) is 4.09. The van der Waals surface area contributed by atoms with Crippen LogP contribution >= 0.6 is 11.3 Å². The van der Waals surface area contributed by atoms with Crippen molar-refractivity contribution in [1.29, 1.82) is 0 Å². The first-order valence-electron chi connectivity index (χ1n) is 16.9. The van der Waals surface area contributed by atoms with E-state index in [2.05, 4.69) is 179 Å². The fraction of sp³-hybridized carbons (Fsp3) is 0. The van der Waals surface area contributed by atoms with Gasteiger partial charge in [-0.3, -0.25) is 0 Å². The second-order valence-corrected chi connectivity index (χ2v) is 14.1. The molecule has 0 unspecified atom stereocenters. The number of hydrogen-bond acceptors (Lipinski definition) is 3. The molecule has 11 rings (SSSR count). The summed E-state index contributed by atoms with van der Waals surface area (Å²) < 4.78 is 11.4. The molecule has 0 bridgehead atoms. The normalized spacial score (nSPS) is 12.0. The van der Waals surface area contributed by atoms with E-state index in [1.54, 1.807) is 0 Å². The highest BCUT2D eigenvalue weighted by atomic mass is 32.1. The van der Waals surface area contributed by atoms with E-state index in [0.717, 1.165) is 44.7 Å². The molecule has 0 aliphatic rings. The molecule has 3 heterocycles. The zero-order chi connectivity index (χ0) is 32.8. The van der Waals surface area contributed by atoms with Gasteiger partial charge in [0.05, 0.1) is 11.0 Å². The van der Waals surface area contributed by atoms with Gasteiger partial charge in [0, 0.05) is 64.5 Å². The molecule has 0 N–H and O–H groups in total. The van der Waals surface area contributed by atoms with Crippen LogP contribution in [-0.2, 0) is 0 Å². The Labute approximate surface area is 291 Å². The van der Waals surface area contributed by atoms with Gasteiger partial charge < -0.3 is 13.9 Å². The van der Waals surface area contributed by atoms with Gasteiger partial charge in [-0.25, -0.2) is 0 Å². The molecule has 4 heteroatoms. The molecule has 0 saturated carbocycles. The number of para-hydroxylation sites is 2. The molecule has 0 saturated heterocycles. The molecule has 3 aromatic heterocycles. The first kappa shape index (κ1) is 27.6. The van der Waals surface area contributed by atoms with Gasteiger partial charge in [0.15, 0.2) is 0 Å². The fourth-order valence-electron chi connectivity index (χ4n) is 7.84. The van der Waals surface area contributed by atoms with Gasteiger partial charge in [0.25, 0.3) is 0 Å². The largest absolute Gasteiger partial charge is 0.456 e. The Morgan fingerprint density at radius 2 is 1.02 bits per heavy atom. The van der Waals surface area contributed by atoms with Crippen molar-refractivity contribution in [1.82, 2.24) is 4.57 Å². The van der Waals surface area contributed by atoms with E-state index in [-0.39, 0.29) is 0 Å². The van der Waals surface area contributed by atoms with Gasteiger partial charge in [-0.05, 0) is 95.7 Å². The van der Waals surface area contributed by atoms with Gasteiger partial charge in [0.1, 0.15) is 11.2 Å². The van der Waals surface area contributed by atoms with Gasteiger partial charge in [-0.1, -0.05) is 84.9 Å². The van der Waals surface area contributed by atoms with Crippen LogP contribution in [0.4, 0.5) is 17.1 Å². The number of benzene rings is 8. The van der Waals surface area contributed by atoms with Gasteiger partial charge in [0.2, 0.25) is 0 Å². The minimum atomic E-state index is 0.887. The number of nitrogens with zero attached hydrogens (tertiary/aromatic N) is 2. The quantitative estimate of drug-likeness (QED) is 0.188. The zero-order valence-electron chi connectivity index (χ0n) is 26.9. The number of hydrogen-bond donors (Lipinski definition) is 0. The van der Waals surface area contributed by atoms with E-state index in [9.17, 15) is 0 Å². The average molecular weight is 657 g/mol. The molecule has 0 spiro atoms. The van der Waals surface area contributed by atoms with Crippen LogP contribution in [-0.4, -0.2) is 4.57 Å². The highest BCUT2D eigenvalue weighted by Gasteiger charge is 2.20. The van der Waals surface area contributed by atoms with Crippen LogP contribution in [0.1, 0.15) is 0 Å². The summed E-state index contributed by atoms with van der Waals surface area (Å²) >= 11 is 1.85. The third-order valence-electron chi connectivity index (χ3n) is 10.1. The first-order chi connectivity index (χ1) is 24.8. The molecule has 0 radical (unpaired) electrons. The van der Waals surface area contributed by atoms with E-state index in [1.807, 2.05) is 11.3 Å². The van der Waals surface area contributed by atoms with Crippen molar-refractivity contribution in [3.05, 3.63) is 170 Å². The van der Waals surface area contributed by atoms with Gasteiger partial charge >= 0.3 is 0 Å². The van der Waals surface area contributed by atoms with Crippen LogP contribution in [0.15, 0.2) is 174 Å². The Kier molecular flexibility index (Phi) is 5.83. The smallest absolute Gasteiger partial charge is 0.136 e. The van der Waals surface area contributed by atoms with Crippen LogP contribution < -0.4 is 4.90 Å². The maximum Gasteiger partial charge on any atom is 0.136 e. The monoisotopic (exact) mass is 656 g/mol. The Bertz CT molecular complexity index is 3110. The Morgan fingerprint density at radius 1 is 0.400 bits per heavy atom. The van der Waals surface area contributed by atoms with E-state index in [0.29, 0.717) is 0 Å². The molecular formula is C46H28N2OS. The number of aromatic nitrogens is 1. The molecule has 0 aliphatic carbocycles. The first-order valence-corrected chi connectivity index (χ1v) is 17.7. The van der Waals surface area contributed by atoms with E-state index < -0.39 is 0 Å². The predicted octanol–water partition coefficient (Wildman–Crippen LogP) is 13.7. The Balaban J connectivity index is 1.19. The van der Waals surface area contributed by atoms with Gasteiger partial charge in [-0.2, -0.15) is 0 Å². The van der Waals surface area contributed by atoms with Gasteiger partial charge in [-0.15, -0.1) is 11.3 Å². The number of anilines is 3. The number of furan rings is 1. The van der Waals surface area contributed by atoms with E-state index in [4.69, 9.17) is 4.42 Å². The van der Waals surface area contributed by atoms with Crippen LogP contribution in [0.25, 0.3) is 80.4 Å². The average Bonchev–Trinajstić information content (AvgIpc) is 3.83. The maximum atomic E-state index is 6.44. The van der Waals surface area contributed by atoms with Crippen molar-refractivity contribution in [2.24, 2.45) is 0 Å². The summed E-state index contributed by atoms with van der Waals surface area (Å²) in [6.07, 6.45) is 0. The predicted molar refractivity (Wildman–Crippen MR) is 213 cm³/mol. The molecule has 8 aromatic carbocycles. The third-order valence-corrected chi connectivity index (χ3v) is 11.3. The molecule has 3 nitrogen and oxygen atoms in total. The van der Waals surface area contributed by atoms with Crippen LogP contribution in [0.3, 0.4) is 0 Å². The summed E-state index contributed by atoms with van der Waals surface area (Å²) in [6.45, 7) is 0. The summed E-state index contributed by atoms with van der Waals surface area (Å²) in [7, 11) is 0. The SMILES string of the molecule is c1ccc(-n2c3ccccc3c3ccc(N(c4ccc5oc6cc7ccccc7cc6c5c4)c4ccc5sc6ccccc6c5c4)cc32)cc1. The lowest BCUT2D eigenvalue weighted by molar-refractivity contribution is 0.669. The Hall–Kier alpha value is -6.36. The standard InChI is InChI=1S/C46H28N2OS/c1-2-12-31(13-3-1)48-41-16-8-6-14-35(41)36-21-18-34(28-42(36)48)47(33-20-23-46-40(27-33)37-15-7-9-17-45(37)50-46)32-19-22-43-39(26-32)38-24-29-10-4-5-11-30(29)25-44(38)49-43/h1-28H. The Morgan fingerprint density at radius 3 is 1.90 bits per heavy atom. The minimum Gasteiger partial charge on any atom is -0.456 e. The summed E-state index contributed by atoms with van der Waals surface area (Å²) in [5, 5.41) is 9.66. The van der Waals surface area contributed by atoms with Crippen molar-refractivity contribution in [3.8, 4) is 5.69 Å². The van der Waals surface area contributed by atoms with E-state index in [1.165, 1.54) is 52.8 Å². The number of thiophene rings is 1. The fourth-order valence-corrected chi connectivity index (χ4v) is 8.93. The second-order valence-electron chi connectivity index (χ2n) is 13.0. The summed E-state index contributed by atoms with van der Waals surface area (Å²) in [4.78, 5) is 2.40. The van der Waals surface area contributed by atoms with E-state index >= 15 is 0 Å². The molecule has 0 aliphatic heterocycles. The molecule has 11 aromatic rings. The van der Waals surface area contributed by atoms with Crippen molar-refractivity contribution in [3.63, 3.8) is 0 Å². The van der Waals surface area contributed by atoms with Crippen LogP contribution in [0.5, 0.6) is 0 Å². The topological polar surface area (TPSA) is 21.3 Å². The van der Waals surface area contributed by atoms with Crippen molar-refractivity contribution < 1.29 is 4.42 Å². The molecule has 0 atom stereocenters. The molecule has 50 heavy (non-hydrogen) atoms. The van der Waals surface area contributed by atoms with Crippen LogP contribution in [0.2, 0.25) is 0 Å². The maximum absolute atomic E-state index is 6.44. The lowest BCUT2D eigenvalue weighted by atomic mass is 10.0. The zero-order valence-corrected chi connectivity index (χ0v) is 27.7. The molecule has 0 amide bonds.